The molecule has 0 atom stereocenters. The van der Waals surface area contributed by atoms with Crippen LogP contribution in [-0.4, -0.2) is 124 Å². The second-order valence-corrected chi connectivity index (χ2v) is 18.4. The molecule has 0 bridgehead atoms. The number of hydrogen-bond donors (Lipinski definition) is 5. The number of benzene rings is 2. The van der Waals surface area contributed by atoms with Gasteiger partial charge in [-0.1, -0.05) is 19.3 Å². The average Bonchev–Trinajstić information content (AvgIpc) is 3.27. The summed E-state index contributed by atoms with van der Waals surface area (Å²) < 4.78 is 34.9. The summed E-state index contributed by atoms with van der Waals surface area (Å²) in [7, 11) is 0. The van der Waals surface area contributed by atoms with Crippen LogP contribution in [0.5, 0.6) is 0 Å². The fourth-order valence-electron chi connectivity index (χ4n) is 8.92. The fraction of sp³-hybridized carbons (Fsp3) is 0.465. The van der Waals surface area contributed by atoms with E-state index >= 15 is 8.78 Å². The number of piperazine rings is 2. The molecule has 20 heteroatoms. The Hall–Kier alpha value is -5.63. The Labute approximate surface area is 371 Å². The van der Waals surface area contributed by atoms with Gasteiger partial charge in [-0.25, -0.2) is 13.6 Å². The zero-order valence-corrected chi connectivity index (χ0v) is 36.6. The first-order valence-corrected chi connectivity index (χ1v) is 23.4. The molecule has 2 aromatic carbocycles. The molecule has 6 heterocycles. The Morgan fingerprint density at radius 1 is 0.762 bits per heavy atom. The van der Waals surface area contributed by atoms with Crippen LogP contribution in [0, 0.1) is 22.5 Å². The van der Waals surface area contributed by atoms with Crippen LogP contribution in [-0.2, 0) is 13.1 Å². The molecule has 0 aliphatic carbocycles. The van der Waals surface area contributed by atoms with Crippen LogP contribution in [0.2, 0.25) is 0 Å². The Bertz CT molecular complexity index is 2650. The number of amidine groups is 1. The van der Waals surface area contributed by atoms with Crippen molar-refractivity contribution in [3.8, 4) is 0 Å². The third-order valence-corrected chi connectivity index (χ3v) is 14.3. The number of carbonyl (C=O) groups is 1. The Morgan fingerprint density at radius 2 is 1.33 bits per heavy atom. The minimum Gasteiger partial charge on any atom is -0.477 e. The highest BCUT2D eigenvalue weighted by Gasteiger charge is 2.31. The Balaban J connectivity index is 0.725. The highest BCUT2D eigenvalue weighted by Crippen LogP contribution is 2.43. The van der Waals surface area contributed by atoms with Crippen molar-refractivity contribution in [3.63, 3.8) is 0 Å². The summed E-state index contributed by atoms with van der Waals surface area (Å²) in [4.78, 5) is 55.0. The van der Waals surface area contributed by atoms with Crippen LogP contribution in [0.15, 0.2) is 60.0 Å². The van der Waals surface area contributed by atoms with Crippen molar-refractivity contribution >= 4 is 86.1 Å². The van der Waals surface area contributed by atoms with E-state index < -0.39 is 17.2 Å². The van der Waals surface area contributed by atoms with Gasteiger partial charge in [0.1, 0.15) is 23.0 Å². The minimum atomic E-state index is -1.33. The van der Waals surface area contributed by atoms with E-state index in [0.717, 1.165) is 60.9 Å². The SMILES string of the molecule is N=C(CCCCCCCN=C(N)N=C(N)N1CCN(c2c(F)cc3c(=O)c(C(=O)O)cn4c3c2SCC4)CC1)CC(=N)N1CCN(c2c(F)cc3c(=O)ccn4c3c2SCC4)CC1. The molecule has 16 nitrogen and oxygen atoms in total. The first-order valence-electron chi connectivity index (χ1n) is 21.4. The predicted octanol–water partition coefficient (Wildman–Crippen LogP) is 4.81. The van der Waals surface area contributed by atoms with Gasteiger partial charge < -0.3 is 50.7 Å². The smallest absolute Gasteiger partial charge is 0.341 e. The van der Waals surface area contributed by atoms with Crippen LogP contribution in [0.4, 0.5) is 20.2 Å². The number of rotatable bonds is 13. The van der Waals surface area contributed by atoms with Crippen molar-refractivity contribution in [2.75, 3.05) is 80.2 Å². The molecule has 2 fully saturated rings. The van der Waals surface area contributed by atoms with Gasteiger partial charge in [-0.15, -0.1) is 23.5 Å². The van der Waals surface area contributed by atoms with Crippen LogP contribution in [0.1, 0.15) is 55.3 Å². The molecule has 7 N–H and O–H groups in total. The summed E-state index contributed by atoms with van der Waals surface area (Å²) >= 11 is 3.06. The molecule has 334 valence electrons. The maximum atomic E-state index is 15.7. The number of halogens is 2. The number of carboxylic acid groups (broad SMARTS) is 1. The van der Waals surface area contributed by atoms with Crippen molar-refractivity contribution in [3.05, 3.63) is 68.2 Å². The Kier molecular flexibility index (Phi) is 13.3. The third kappa shape index (κ3) is 9.23. The number of pyridine rings is 2. The molecule has 4 aliphatic rings. The van der Waals surface area contributed by atoms with Gasteiger partial charge in [0.25, 0.3) is 0 Å². The summed E-state index contributed by atoms with van der Waals surface area (Å²) in [5.74, 6) is -0.108. The van der Waals surface area contributed by atoms with Crippen LogP contribution in [0.25, 0.3) is 21.8 Å². The maximum absolute atomic E-state index is 15.7. The molecule has 0 saturated carbocycles. The number of nitrogens with one attached hydrogen (secondary N) is 2. The summed E-state index contributed by atoms with van der Waals surface area (Å²) in [6.45, 7) is 5.87. The number of aromatic nitrogens is 2. The van der Waals surface area contributed by atoms with Crippen molar-refractivity contribution < 1.29 is 18.7 Å². The number of anilines is 2. The molecule has 4 aromatic rings. The minimum absolute atomic E-state index is 0.0697. The lowest BCUT2D eigenvalue weighted by Gasteiger charge is -2.39. The largest absolute Gasteiger partial charge is 0.477 e. The van der Waals surface area contributed by atoms with Gasteiger partial charge in [0.2, 0.25) is 11.4 Å². The lowest BCUT2D eigenvalue weighted by Crippen LogP contribution is -2.52. The van der Waals surface area contributed by atoms with E-state index in [4.69, 9.17) is 22.3 Å². The van der Waals surface area contributed by atoms with E-state index in [9.17, 15) is 19.5 Å². The molecule has 4 aliphatic heterocycles. The standard InChI is InChI=1S/C43H52F2N12O4S2/c44-30-23-27-32(58)7-9-53-18-20-62-39(34(27)53)36(30)54-12-10-52(11-13-54)33(47)22-26(46)6-4-2-1-3-5-8-50-42(48)51-43(49)56-16-14-55(15-17-56)37-31(45)24-28-35-40(37)63-21-19-57(35)25-29(38(28)59)41(60)61/h7,9,23-25,46-47H,1-6,8,10-22H2,(H,60,61)(H4,48,49,50,51). The molecule has 63 heavy (non-hydrogen) atoms. The summed E-state index contributed by atoms with van der Waals surface area (Å²) in [5, 5.41) is 27.2. The normalized spacial score (nSPS) is 16.9. The first kappa shape index (κ1) is 44.0. The second kappa shape index (κ2) is 19.0. The lowest BCUT2D eigenvalue weighted by atomic mass is 10.1. The predicted molar refractivity (Wildman–Crippen MR) is 248 cm³/mol. The van der Waals surface area contributed by atoms with E-state index in [0.29, 0.717) is 123 Å². The number of aryl methyl sites for hydroxylation is 2. The summed E-state index contributed by atoms with van der Waals surface area (Å²) in [5.41, 5.74) is 14.0. The Morgan fingerprint density at radius 3 is 1.98 bits per heavy atom. The van der Waals surface area contributed by atoms with Gasteiger partial charge in [-0.05, 0) is 31.4 Å². The van der Waals surface area contributed by atoms with Gasteiger partial charge in [-0.3, -0.25) is 20.0 Å². The monoisotopic (exact) mass is 902 g/mol. The number of guanidine groups is 2. The van der Waals surface area contributed by atoms with Crippen LogP contribution < -0.4 is 32.1 Å². The van der Waals surface area contributed by atoms with E-state index in [1.54, 1.807) is 22.5 Å². The van der Waals surface area contributed by atoms with Gasteiger partial charge in [0, 0.05) is 119 Å². The topological polar surface area (TPSA) is 219 Å². The van der Waals surface area contributed by atoms with E-state index in [-0.39, 0.29) is 34.1 Å². The highest BCUT2D eigenvalue weighted by atomic mass is 32.2. The van der Waals surface area contributed by atoms with E-state index in [1.807, 2.05) is 24.2 Å². The molecule has 0 spiro atoms. The van der Waals surface area contributed by atoms with Gasteiger partial charge in [0.05, 0.1) is 37.6 Å². The quantitative estimate of drug-likeness (QED) is 0.0695. The second-order valence-electron chi connectivity index (χ2n) is 16.2. The zero-order chi connectivity index (χ0) is 44.4. The number of aromatic carboxylic acids is 1. The number of thioether (sulfide) groups is 2. The van der Waals surface area contributed by atoms with Crippen molar-refractivity contribution in [2.45, 2.75) is 67.8 Å². The van der Waals surface area contributed by atoms with E-state index in [2.05, 4.69) is 9.98 Å². The number of carboxylic acids is 1. The zero-order valence-electron chi connectivity index (χ0n) is 35.0. The summed E-state index contributed by atoms with van der Waals surface area (Å²) in [6.07, 6.45) is 8.68. The average molecular weight is 903 g/mol. The number of nitrogens with two attached hydrogens (primary N) is 2. The van der Waals surface area contributed by atoms with Gasteiger partial charge in [-0.2, -0.15) is 4.99 Å². The molecular formula is C43H52F2N12O4S2. The number of nitrogens with zero attached hydrogens (tertiary/aromatic N) is 8. The van der Waals surface area contributed by atoms with Crippen molar-refractivity contribution in [1.29, 1.82) is 10.8 Å². The maximum Gasteiger partial charge on any atom is 0.341 e. The fourth-order valence-corrected chi connectivity index (χ4v) is 11.4. The first-order chi connectivity index (χ1) is 30.4. The molecule has 8 rings (SSSR count). The van der Waals surface area contributed by atoms with Crippen LogP contribution in [0.3, 0.4) is 0 Å². The molecular weight excluding hydrogens is 851 g/mol. The molecule has 0 amide bonds. The van der Waals surface area contributed by atoms with Gasteiger partial charge in [0.15, 0.2) is 11.4 Å². The highest BCUT2D eigenvalue weighted by molar-refractivity contribution is 8.00. The number of hydrogen-bond acceptors (Lipinski definition) is 10. The van der Waals surface area contributed by atoms with Gasteiger partial charge >= 0.3 is 5.97 Å². The van der Waals surface area contributed by atoms with E-state index in [1.165, 1.54) is 30.1 Å². The summed E-state index contributed by atoms with van der Waals surface area (Å²) in [6, 6.07) is 4.04. The molecule has 0 unspecified atom stereocenters. The molecule has 2 aromatic heterocycles. The van der Waals surface area contributed by atoms with Crippen molar-refractivity contribution in [2.24, 2.45) is 21.5 Å². The number of aliphatic imine (C=N–C) groups is 2. The molecule has 0 radical (unpaired) electrons. The molecule has 2 saturated heterocycles. The van der Waals surface area contributed by atoms with Crippen molar-refractivity contribution in [1.82, 2.24) is 18.9 Å². The lowest BCUT2D eigenvalue weighted by molar-refractivity contribution is 0.0694. The third-order valence-electron chi connectivity index (χ3n) is 12.2. The number of unbranched alkanes of at least 4 members (excludes halogenated alkanes) is 4. The van der Waals surface area contributed by atoms with Crippen LogP contribution >= 0.6 is 23.5 Å².